The number of benzene rings is 3. The molecule has 3 aromatic carbocycles. The topological polar surface area (TPSA) is 54.0 Å². The van der Waals surface area contributed by atoms with Gasteiger partial charge in [0.2, 0.25) is 0 Å². The largest absolute Gasteiger partial charge is 0.332 e. The predicted octanol–water partition coefficient (Wildman–Crippen LogP) is 5.71. The number of para-hydroxylation sites is 1. The van der Waals surface area contributed by atoms with Gasteiger partial charge in [0, 0.05) is 16.8 Å². The van der Waals surface area contributed by atoms with E-state index in [1.54, 1.807) is 17.4 Å². The van der Waals surface area contributed by atoms with E-state index >= 15 is 0 Å². The molecule has 0 aliphatic carbocycles. The van der Waals surface area contributed by atoms with Crippen molar-refractivity contribution in [3.8, 4) is 10.6 Å². The van der Waals surface area contributed by atoms with Crippen molar-refractivity contribution in [1.82, 2.24) is 10.3 Å². The van der Waals surface area contributed by atoms with Gasteiger partial charge in [-0.2, -0.15) is 0 Å². The molecule has 144 valence electrons. The fourth-order valence-electron chi connectivity index (χ4n) is 3.14. The van der Waals surface area contributed by atoms with Crippen LogP contribution in [-0.2, 0) is 0 Å². The maximum atomic E-state index is 12.5. The molecule has 1 aromatic heterocycles. The van der Waals surface area contributed by atoms with Gasteiger partial charge in [-0.15, -0.1) is 11.3 Å². The molecule has 4 rings (SSSR count). The molecule has 6 heteroatoms. The predicted molar refractivity (Wildman–Crippen MR) is 125 cm³/mol. The van der Waals surface area contributed by atoms with Crippen LogP contribution in [0.2, 0.25) is 0 Å². The summed E-state index contributed by atoms with van der Waals surface area (Å²) in [5, 5.41) is 7.14. The average molecular weight is 418 g/mol. The van der Waals surface area contributed by atoms with E-state index in [4.69, 9.17) is 17.2 Å². The van der Waals surface area contributed by atoms with Crippen molar-refractivity contribution in [1.29, 1.82) is 0 Å². The first-order chi connectivity index (χ1) is 14.0. The number of rotatable bonds is 3. The van der Waals surface area contributed by atoms with Crippen LogP contribution in [0.25, 0.3) is 20.8 Å². The SMILES string of the molecule is Cc1ccccc1C(=O)NC(=S)Nc1cccc(-c2nc3ccccc3s2)c1C. The lowest BCUT2D eigenvalue weighted by Crippen LogP contribution is -2.34. The van der Waals surface area contributed by atoms with Gasteiger partial charge >= 0.3 is 0 Å². The van der Waals surface area contributed by atoms with E-state index in [9.17, 15) is 4.79 Å². The number of carbonyl (C=O) groups excluding carboxylic acids is 1. The van der Waals surface area contributed by atoms with Crippen LogP contribution in [0, 0.1) is 13.8 Å². The number of fused-ring (bicyclic) bond motifs is 1. The zero-order valence-electron chi connectivity index (χ0n) is 16.0. The summed E-state index contributed by atoms with van der Waals surface area (Å²) >= 11 is 7.03. The summed E-state index contributed by atoms with van der Waals surface area (Å²) in [7, 11) is 0. The van der Waals surface area contributed by atoms with E-state index < -0.39 is 0 Å². The molecular weight excluding hydrogens is 398 g/mol. The second-order valence-corrected chi connectivity index (χ2v) is 8.13. The van der Waals surface area contributed by atoms with Gasteiger partial charge in [-0.3, -0.25) is 10.1 Å². The van der Waals surface area contributed by atoms with E-state index in [2.05, 4.69) is 16.7 Å². The number of aryl methyl sites for hydroxylation is 1. The molecule has 0 fully saturated rings. The highest BCUT2D eigenvalue weighted by Gasteiger charge is 2.14. The highest BCUT2D eigenvalue weighted by molar-refractivity contribution is 7.80. The van der Waals surface area contributed by atoms with Crippen LogP contribution in [-0.4, -0.2) is 16.0 Å². The summed E-state index contributed by atoms with van der Waals surface area (Å²) in [6.45, 7) is 3.92. The van der Waals surface area contributed by atoms with Crippen LogP contribution in [0.1, 0.15) is 21.5 Å². The van der Waals surface area contributed by atoms with Gasteiger partial charge in [0.25, 0.3) is 5.91 Å². The van der Waals surface area contributed by atoms with Crippen LogP contribution >= 0.6 is 23.6 Å². The standard InChI is InChI=1S/C23H19N3OS2/c1-14-8-3-4-9-16(14)21(27)26-23(28)25-18-12-7-10-17(15(18)2)22-24-19-11-5-6-13-20(19)29-22/h3-13H,1-2H3,(H2,25,26,27,28). The fourth-order valence-corrected chi connectivity index (χ4v) is 4.39. The van der Waals surface area contributed by atoms with Gasteiger partial charge in [0.1, 0.15) is 5.01 Å². The van der Waals surface area contributed by atoms with Crippen molar-refractivity contribution in [3.05, 3.63) is 83.4 Å². The maximum absolute atomic E-state index is 12.5. The smallest absolute Gasteiger partial charge is 0.257 e. The molecule has 0 aliphatic rings. The summed E-state index contributed by atoms with van der Waals surface area (Å²) in [5.74, 6) is -0.222. The van der Waals surface area contributed by atoms with Crippen LogP contribution < -0.4 is 10.6 Å². The first-order valence-corrected chi connectivity index (χ1v) is 10.4. The maximum Gasteiger partial charge on any atom is 0.257 e. The van der Waals surface area contributed by atoms with Crippen LogP contribution in [0.15, 0.2) is 66.7 Å². The zero-order chi connectivity index (χ0) is 20.4. The lowest BCUT2D eigenvalue weighted by molar-refractivity contribution is 0.0977. The second-order valence-electron chi connectivity index (χ2n) is 6.69. The highest BCUT2D eigenvalue weighted by Crippen LogP contribution is 2.34. The minimum Gasteiger partial charge on any atom is -0.332 e. The number of amides is 1. The Balaban J connectivity index is 1.55. The molecule has 4 aromatic rings. The second kappa shape index (κ2) is 8.11. The summed E-state index contributed by atoms with van der Waals surface area (Å²) in [6.07, 6.45) is 0. The molecule has 0 atom stereocenters. The number of hydrogen-bond donors (Lipinski definition) is 2. The Bertz CT molecular complexity index is 1200. The molecule has 0 spiro atoms. The molecule has 2 N–H and O–H groups in total. The summed E-state index contributed by atoms with van der Waals surface area (Å²) in [5.41, 5.74) is 5.42. The molecule has 1 amide bonds. The molecule has 0 aliphatic heterocycles. The Morgan fingerprint density at radius 1 is 0.966 bits per heavy atom. The van der Waals surface area contributed by atoms with Gasteiger partial charge in [0.15, 0.2) is 5.11 Å². The van der Waals surface area contributed by atoms with Crippen molar-refractivity contribution < 1.29 is 4.79 Å². The number of thiazole rings is 1. The van der Waals surface area contributed by atoms with E-state index in [0.717, 1.165) is 37.6 Å². The number of aromatic nitrogens is 1. The third kappa shape index (κ3) is 4.04. The zero-order valence-corrected chi connectivity index (χ0v) is 17.7. The normalized spacial score (nSPS) is 10.7. The molecule has 4 nitrogen and oxygen atoms in total. The average Bonchev–Trinajstić information content (AvgIpc) is 3.13. The third-order valence-corrected chi connectivity index (χ3v) is 6.00. The summed E-state index contributed by atoms with van der Waals surface area (Å²) in [6, 6.07) is 21.5. The van der Waals surface area contributed by atoms with E-state index in [-0.39, 0.29) is 11.0 Å². The quantitative estimate of drug-likeness (QED) is 0.420. The molecular formula is C23H19N3OS2. The van der Waals surface area contributed by atoms with E-state index in [0.29, 0.717) is 5.56 Å². The van der Waals surface area contributed by atoms with Crippen LogP contribution in [0.5, 0.6) is 0 Å². The van der Waals surface area contributed by atoms with Gasteiger partial charge in [0.05, 0.1) is 10.2 Å². The first-order valence-electron chi connectivity index (χ1n) is 9.16. The number of nitrogens with one attached hydrogen (secondary N) is 2. The van der Waals surface area contributed by atoms with E-state index in [1.165, 1.54) is 0 Å². The fraction of sp³-hybridized carbons (Fsp3) is 0.0870. The Morgan fingerprint density at radius 2 is 1.72 bits per heavy atom. The molecule has 0 bridgehead atoms. The number of anilines is 1. The lowest BCUT2D eigenvalue weighted by atomic mass is 10.1. The number of thiocarbonyl (C=S) groups is 1. The Labute approximate surface area is 178 Å². The minimum atomic E-state index is -0.222. The first kappa shape index (κ1) is 19.2. The lowest BCUT2D eigenvalue weighted by Gasteiger charge is -2.14. The van der Waals surface area contributed by atoms with Crippen LogP contribution in [0.3, 0.4) is 0 Å². The van der Waals surface area contributed by atoms with E-state index in [1.807, 2.05) is 68.4 Å². The molecule has 0 radical (unpaired) electrons. The van der Waals surface area contributed by atoms with Crippen molar-refractivity contribution in [2.75, 3.05) is 5.32 Å². The summed E-state index contributed by atoms with van der Waals surface area (Å²) in [4.78, 5) is 17.2. The van der Waals surface area contributed by atoms with Crippen molar-refractivity contribution in [2.24, 2.45) is 0 Å². The monoisotopic (exact) mass is 417 g/mol. The molecule has 0 unspecified atom stereocenters. The Morgan fingerprint density at radius 3 is 2.52 bits per heavy atom. The van der Waals surface area contributed by atoms with Gasteiger partial charge in [-0.1, -0.05) is 42.5 Å². The van der Waals surface area contributed by atoms with Crippen molar-refractivity contribution in [3.63, 3.8) is 0 Å². The minimum absolute atomic E-state index is 0.222. The summed E-state index contributed by atoms with van der Waals surface area (Å²) < 4.78 is 1.15. The van der Waals surface area contributed by atoms with Crippen molar-refractivity contribution >= 4 is 50.5 Å². The number of hydrogen-bond acceptors (Lipinski definition) is 4. The Kier molecular flexibility index (Phi) is 5.38. The van der Waals surface area contributed by atoms with Crippen molar-refractivity contribution in [2.45, 2.75) is 13.8 Å². The Hall–Kier alpha value is -3.09. The van der Waals surface area contributed by atoms with Gasteiger partial charge in [-0.25, -0.2) is 4.98 Å². The molecule has 0 saturated carbocycles. The molecule has 29 heavy (non-hydrogen) atoms. The third-order valence-electron chi connectivity index (χ3n) is 4.72. The molecule has 0 saturated heterocycles. The molecule has 1 heterocycles. The highest BCUT2D eigenvalue weighted by atomic mass is 32.1. The number of nitrogens with zero attached hydrogens (tertiary/aromatic N) is 1. The van der Waals surface area contributed by atoms with Gasteiger partial charge in [-0.05, 0) is 61.5 Å². The van der Waals surface area contributed by atoms with Crippen LogP contribution in [0.4, 0.5) is 5.69 Å². The van der Waals surface area contributed by atoms with Gasteiger partial charge < -0.3 is 5.32 Å². The number of carbonyl (C=O) groups is 1.